The first-order chi connectivity index (χ1) is 9.11. The van der Waals surface area contributed by atoms with Crippen molar-refractivity contribution in [2.75, 3.05) is 5.32 Å². The third-order valence-electron chi connectivity index (χ3n) is 2.61. The van der Waals surface area contributed by atoms with Crippen LogP contribution in [0.5, 0.6) is 0 Å². The van der Waals surface area contributed by atoms with Crippen molar-refractivity contribution >= 4 is 60.0 Å². The van der Waals surface area contributed by atoms with Gasteiger partial charge in [0.1, 0.15) is 5.82 Å². The standard InChI is InChI=1S/C13H9BrClN3S/c1-7-9(14)3-5-12(16-7)18-13-17-10-4-2-8(15)6-11(10)19-13/h2-6H,1H3,(H,16,17,18). The van der Waals surface area contributed by atoms with Crippen LogP contribution >= 0.6 is 38.9 Å². The molecule has 0 aliphatic heterocycles. The fourth-order valence-electron chi connectivity index (χ4n) is 1.68. The fraction of sp³-hybridized carbons (Fsp3) is 0.0769. The van der Waals surface area contributed by atoms with Crippen molar-refractivity contribution < 1.29 is 0 Å². The van der Waals surface area contributed by atoms with Gasteiger partial charge in [0.15, 0.2) is 5.13 Å². The Morgan fingerprint density at radius 3 is 2.84 bits per heavy atom. The van der Waals surface area contributed by atoms with Gasteiger partial charge in [-0.1, -0.05) is 22.9 Å². The van der Waals surface area contributed by atoms with Crippen LogP contribution in [0.25, 0.3) is 10.2 Å². The molecule has 1 N–H and O–H groups in total. The number of fused-ring (bicyclic) bond motifs is 1. The van der Waals surface area contributed by atoms with Gasteiger partial charge in [-0.2, -0.15) is 0 Å². The molecule has 19 heavy (non-hydrogen) atoms. The van der Waals surface area contributed by atoms with Crippen LogP contribution in [0.15, 0.2) is 34.8 Å². The normalized spacial score (nSPS) is 10.9. The molecule has 0 saturated heterocycles. The second-order valence-corrected chi connectivity index (χ2v) is 6.34. The highest BCUT2D eigenvalue weighted by Gasteiger charge is 2.06. The fourth-order valence-corrected chi connectivity index (χ4v) is 3.04. The van der Waals surface area contributed by atoms with E-state index in [-0.39, 0.29) is 0 Å². The predicted octanol–water partition coefficient (Wildman–Crippen LogP) is 5.16. The highest BCUT2D eigenvalue weighted by Crippen LogP contribution is 2.30. The van der Waals surface area contributed by atoms with Gasteiger partial charge in [0.2, 0.25) is 0 Å². The van der Waals surface area contributed by atoms with Crippen molar-refractivity contribution in [3.63, 3.8) is 0 Å². The number of hydrogen-bond donors (Lipinski definition) is 1. The first-order valence-corrected chi connectivity index (χ1v) is 7.57. The third-order valence-corrected chi connectivity index (χ3v) is 4.61. The molecule has 3 rings (SSSR count). The molecule has 96 valence electrons. The molecule has 3 aromatic rings. The zero-order chi connectivity index (χ0) is 13.4. The summed E-state index contributed by atoms with van der Waals surface area (Å²) in [6, 6.07) is 9.56. The van der Waals surface area contributed by atoms with Gasteiger partial charge in [-0.3, -0.25) is 0 Å². The summed E-state index contributed by atoms with van der Waals surface area (Å²) in [5.74, 6) is 0.783. The maximum atomic E-state index is 5.97. The number of nitrogens with one attached hydrogen (secondary N) is 1. The lowest BCUT2D eigenvalue weighted by Crippen LogP contribution is -1.94. The molecule has 0 amide bonds. The maximum absolute atomic E-state index is 5.97. The first kappa shape index (κ1) is 12.8. The van der Waals surface area contributed by atoms with Crippen LogP contribution in [0.2, 0.25) is 5.02 Å². The Bertz CT molecular complexity index is 757. The van der Waals surface area contributed by atoms with Crippen molar-refractivity contribution in [1.82, 2.24) is 9.97 Å². The Morgan fingerprint density at radius 2 is 2.05 bits per heavy atom. The minimum absolute atomic E-state index is 0.723. The topological polar surface area (TPSA) is 37.8 Å². The number of anilines is 2. The van der Waals surface area contributed by atoms with Gasteiger partial charge in [-0.25, -0.2) is 9.97 Å². The molecule has 1 aromatic carbocycles. The Hall–Kier alpha value is -1.17. The largest absolute Gasteiger partial charge is 0.316 e. The number of hydrogen-bond acceptors (Lipinski definition) is 4. The van der Waals surface area contributed by atoms with E-state index in [1.54, 1.807) is 11.3 Å². The highest BCUT2D eigenvalue weighted by molar-refractivity contribution is 9.10. The van der Waals surface area contributed by atoms with Crippen LogP contribution in [-0.2, 0) is 0 Å². The molecule has 0 spiro atoms. The van der Waals surface area contributed by atoms with Gasteiger partial charge < -0.3 is 5.32 Å². The third kappa shape index (κ3) is 2.73. The summed E-state index contributed by atoms with van der Waals surface area (Å²) < 4.78 is 2.05. The Kier molecular flexibility index (Phi) is 3.43. The van der Waals surface area contributed by atoms with E-state index in [1.165, 1.54) is 0 Å². The number of aryl methyl sites for hydroxylation is 1. The summed E-state index contributed by atoms with van der Waals surface area (Å²) in [5.41, 5.74) is 1.87. The number of benzene rings is 1. The molecule has 0 aliphatic rings. The van der Waals surface area contributed by atoms with Crippen LogP contribution in [0, 0.1) is 6.92 Å². The molecular formula is C13H9BrClN3S. The number of rotatable bonds is 2. The lowest BCUT2D eigenvalue weighted by Gasteiger charge is -2.03. The van der Waals surface area contributed by atoms with E-state index in [4.69, 9.17) is 11.6 Å². The smallest absolute Gasteiger partial charge is 0.189 e. The highest BCUT2D eigenvalue weighted by atomic mass is 79.9. The summed E-state index contributed by atoms with van der Waals surface area (Å²) in [7, 11) is 0. The number of pyridine rings is 1. The number of aromatic nitrogens is 2. The van der Waals surface area contributed by atoms with Crippen LogP contribution in [0.1, 0.15) is 5.69 Å². The van der Waals surface area contributed by atoms with E-state index < -0.39 is 0 Å². The zero-order valence-corrected chi connectivity index (χ0v) is 13.1. The minimum Gasteiger partial charge on any atom is -0.316 e. The van der Waals surface area contributed by atoms with Crippen molar-refractivity contribution in [1.29, 1.82) is 0 Å². The molecule has 2 heterocycles. The van der Waals surface area contributed by atoms with Crippen LogP contribution in [-0.4, -0.2) is 9.97 Å². The molecule has 0 atom stereocenters. The van der Waals surface area contributed by atoms with Crippen LogP contribution < -0.4 is 5.32 Å². The van der Waals surface area contributed by atoms with E-state index in [0.717, 1.165) is 36.4 Å². The molecule has 0 unspecified atom stereocenters. The second-order valence-electron chi connectivity index (χ2n) is 4.02. The van der Waals surface area contributed by atoms with Gasteiger partial charge in [-0.15, -0.1) is 0 Å². The Labute approximate surface area is 127 Å². The molecule has 0 fully saturated rings. The van der Waals surface area contributed by atoms with E-state index in [1.807, 2.05) is 37.3 Å². The lowest BCUT2D eigenvalue weighted by molar-refractivity contribution is 1.18. The molecule has 0 bridgehead atoms. The van der Waals surface area contributed by atoms with Crippen LogP contribution in [0.4, 0.5) is 10.9 Å². The maximum Gasteiger partial charge on any atom is 0.189 e. The SMILES string of the molecule is Cc1nc(Nc2nc3ccc(Cl)cc3s2)ccc1Br. The van der Waals surface area contributed by atoms with E-state index in [2.05, 4.69) is 31.2 Å². The summed E-state index contributed by atoms with van der Waals surface area (Å²) in [4.78, 5) is 8.94. The van der Waals surface area contributed by atoms with Crippen LogP contribution in [0.3, 0.4) is 0 Å². The number of thiazole rings is 1. The molecule has 3 nitrogen and oxygen atoms in total. The van der Waals surface area contributed by atoms with Gasteiger partial charge >= 0.3 is 0 Å². The van der Waals surface area contributed by atoms with Gasteiger partial charge in [0.25, 0.3) is 0 Å². The minimum atomic E-state index is 0.723. The second kappa shape index (κ2) is 5.07. The first-order valence-electron chi connectivity index (χ1n) is 5.58. The molecule has 0 radical (unpaired) electrons. The average Bonchev–Trinajstić information content (AvgIpc) is 2.75. The molecule has 0 aliphatic carbocycles. The number of halogens is 2. The quantitative estimate of drug-likeness (QED) is 0.691. The summed E-state index contributed by atoms with van der Waals surface area (Å²) in [6.45, 7) is 1.95. The van der Waals surface area contributed by atoms with E-state index in [9.17, 15) is 0 Å². The van der Waals surface area contributed by atoms with Crippen molar-refractivity contribution in [3.8, 4) is 0 Å². The zero-order valence-electron chi connectivity index (χ0n) is 9.95. The van der Waals surface area contributed by atoms with Gasteiger partial charge in [0.05, 0.1) is 15.9 Å². The van der Waals surface area contributed by atoms with Gasteiger partial charge in [0, 0.05) is 9.50 Å². The van der Waals surface area contributed by atoms with Crippen molar-refractivity contribution in [3.05, 3.63) is 45.5 Å². The molecule has 2 aromatic heterocycles. The lowest BCUT2D eigenvalue weighted by atomic mass is 10.3. The predicted molar refractivity (Wildman–Crippen MR) is 84.6 cm³/mol. The molecule has 6 heteroatoms. The summed E-state index contributed by atoms with van der Waals surface area (Å²) in [5, 5.41) is 4.75. The van der Waals surface area contributed by atoms with E-state index in [0.29, 0.717) is 0 Å². The average molecular weight is 355 g/mol. The Morgan fingerprint density at radius 1 is 1.21 bits per heavy atom. The summed E-state index contributed by atoms with van der Waals surface area (Å²) in [6.07, 6.45) is 0. The van der Waals surface area contributed by atoms with Gasteiger partial charge in [-0.05, 0) is 53.2 Å². The van der Waals surface area contributed by atoms with Crippen molar-refractivity contribution in [2.24, 2.45) is 0 Å². The van der Waals surface area contributed by atoms with Crippen molar-refractivity contribution in [2.45, 2.75) is 6.92 Å². The van der Waals surface area contributed by atoms with E-state index >= 15 is 0 Å². The Balaban J connectivity index is 1.94. The summed E-state index contributed by atoms with van der Waals surface area (Å²) >= 11 is 11.0. The monoisotopic (exact) mass is 353 g/mol. The number of nitrogens with zero attached hydrogens (tertiary/aromatic N) is 2. The molecule has 0 saturated carbocycles. The molecular weight excluding hydrogens is 346 g/mol.